The largest absolute Gasteiger partial charge is 0.494 e. The van der Waals surface area contributed by atoms with Gasteiger partial charge in [-0.1, -0.05) is 0 Å². The van der Waals surface area contributed by atoms with E-state index in [1.165, 1.54) is 43.8 Å². The highest BCUT2D eigenvalue weighted by molar-refractivity contribution is 5.98. The van der Waals surface area contributed by atoms with Crippen molar-refractivity contribution in [1.29, 1.82) is 0 Å². The van der Waals surface area contributed by atoms with Crippen molar-refractivity contribution in [2.24, 2.45) is 6.98 Å². The van der Waals surface area contributed by atoms with E-state index < -0.39 is 43.1 Å². The second kappa shape index (κ2) is 7.16. The molecule has 0 saturated heterocycles. The molecule has 0 aliphatic carbocycles. The number of carbonyl (C=O) groups is 1. The fourth-order valence-corrected chi connectivity index (χ4v) is 3.67. The number of rotatable bonds is 4. The number of hydrogen-bond acceptors (Lipinski definition) is 4. The van der Waals surface area contributed by atoms with Crippen LogP contribution in [0.2, 0.25) is 0 Å². The van der Waals surface area contributed by atoms with Crippen LogP contribution in [0.3, 0.4) is 0 Å². The van der Waals surface area contributed by atoms with E-state index in [4.69, 9.17) is 11.6 Å². The summed E-state index contributed by atoms with van der Waals surface area (Å²) < 4.78 is 76.0. The summed E-state index contributed by atoms with van der Waals surface area (Å²) in [4.78, 5) is 17.4. The number of nitrogens with zero attached hydrogens (tertiary/aromatic N) is 4. The number of hydrogen-bond donors (Lipinski definition) is 0. The highest BCUT2D eigenvalue weighted by Gasteiger charge is 2.29. The first-order valence-electron chi connectivity index (χ1n) is 11.8. The van der Waals surface area contributed by atoms with E-state index >= 15 is 8.78 Å². The smallest absolute Gasteiger partial charge is 0.256 e. The topological polar surface area (TPSA) is 60.3 Å². The molecular formula is C23H18F2N4O2. The van der Waals surface area contributed by atoms with Crippen molar-refractivity contribution in [1.82, 2.24) is 19.7 Å². The van der Waals surface area contributed by atoms with Crippen LogP contribution in [0.15, 0.2) is 48.8 Å². The van der Waals surface area contributed by atoms with E-state index in [1.807, 2.05) is 0 Å². The van der Waals surface area contributed by atoms with Gasteiger partial charge in [0.15, 0.2) is 0 Å². The van der Waals surface area contributed by atoms with Gasteiger partial charge in [-0.3, -0.25) is 14.5 Å². The molecule has 0 N–H and O–H groups in total. The minimum atomic E-state index is -2.57. The average molecular weight is 425 g/mol. The lowest BCUT2D eigenvalue weighted by atomic mass is 9.99. The van der Waals surface area contributed by atoms with Gasteiger partial charge in [-0.25, -0.2) is 8.78 Å². The van der Waals surface area contributed by atoms with E-state index in [9.17, 15) is 4.79 Å². The molecule has 0 unspecified atom stereocenters. The first-order chi connectivity index (χ1) is 16.9. The third-order valence-electron chi connectivity index (χ3n) is 5.15. The number of aromatic nitrogens is 3. The number of fused-ring (bicyclic) bond motifs is 2. The Morgan fingerprint density at radius 1 is 1.23 bits per heavy atom. The Labute approximate surface area is 183 Å². The van der Waals surface area contributed by atoms with Gasteiger partial charge in [0.2, 0.25) is 0 Å². The van der Waals surface area contributed by atoms with E-state index in [1.54, 1.807) is 0 Å². The van der Waals surface area contributed by atoms with Crippen LogP contribution in [-0.4, -0.2) is 32.7 Å². The number of halogens is 2. The normalized spacial score (nSPS) is 17.6. The van der Waals surface area contributed by atoms with Crippen LogP contribution in [0.5, 0.6) is 5.75 Å². The molecule has 5 rings (SSSR count). The highest BCUT2D eigenvalue weighted by atomic mass is 19.1. The molecule has 1 amide bonds. The fraction of sp³-hybridized carbons (Fsp3) is 0.174. The van der Waals surface area contributed by atoms with Gasteiger partial charge in [-0.2, -0.15) is 5.10 Å². The fourth-order valence-electron chi connectivity index (χ4n) is 3.67. The Morgan fingerprint density at radius 3 is 2.74 bits per heavy atom. The molecule has 0 spiro atoms. The molecule has 3 heterocycles. The zero-order valence-electron chi connectivity index (χ0n) is 21.2. The zero-order chi connectivity index (χ0) is 26.0. The molecule has 0 bridgehead atoms. The van der Waals surface area contributed by atoms with Crippen molar-refractivity contribution in [3.8, 4) is 16.9 Å². The van der Waals surface area contributed by atoms with Gasteiger partial charge in [0, 0.05) is 34.4 Å². The van der Waals surface area contributed by atoms with E-state index in [2.05, 4.69) is 10.1 Å². The van der Waals surface area contributed by atoms with Crippen LogP contribution in [0, 0.1) is 11.6 Å². The minimum Gasteiger partial charge on any atom is -0.494 e. The van der Waals surface area contributed by atoms with Crippen molar-refractivity contribution in [2.75, 3.05) is 7.11 Å². The molecule has 2 aromatic heterocycles. The van der Waals surface area contributed by atoms with Gasteiger partial charge in [-0.15, -0.1) is 0 Å². The van der Waals surface area contributed by atoms with Crippen LogP contribution in [0.1, 0.15) is 28.5 Å². The van der Waals surface area contributed by atoms with E-state index in [0.717, 1.165) is 21.7 Å². The predicted molar refractivity (Wildman–Crippen MR) is 110 cm³/mol. The summed E-state index contributed by atoms with van der Waals surface area (Å²) in [5, 5.41) is 4.38. The van der Waals surface area contributed by atoms with Crippen LogP contribution in [0.25, 0.3) is 22.0 Å². The first kappa shape index (κ1) is 14.2. The van der Waals surface area contributed by atoms with Gasteiger partial charge in [0.05, 0.1) is 34.2 Å². The summed E-state index contributed by atoms with van der Waals surface area (Å²) in [7, 11) is 1.39. The molecule has 1 aliphatic heterocycles. The minimum absolute atomic E-state index is 0.0341. The molecule has 0 fully saturated rings. The third-order valence-corrected chi connectivity index (χ3v) is 5.15. The summed E-state index contributed by atoms with van der Waals surface area (Å²) in [6, 6.07) is 8.04. The molecule has 0 saturated carbocycles. The molecule has 4 aromatic rings. The lowest BCUT2D eigenvalue weighted by molar-refractivity contribution is 0.0763. The quantitative estimate of drug-likeness (QED) is 0.494. The number of carbonyl (C=O) groups excluding carboxylic acids is 1. The Bertz CT molecular complexity index is 1510. The maximum Gasteiger partial charge on any atom is 0.256 e. The molecule has 8 heteroatoms. The summed E-state index contributed by atoms with van der Waals surface area (Å²) in [6.07, 6.45) is 2.60. The maximum absolute atomic E-state index is 15.2. The zero-order valence-corrected chi connectivity index (χ0v) is 16.2. The summed E-state index contributed by atoms with van der Waals surface area (Å²) >= 11 is 0. The Balaban J connectivity index is 1.57. The van der Waals surface area contributed by atoms with Crippen molar-refractivity contribution in [3.05, 3.63) is 77.2 Å². The molecule has 0 radical (unpaired) electrons. The lowest BCUT2D eigenvalue weighted by Gasteiger charge is -2.17. The number of benzene rings is 2. The van der Waals surface area contributed by atoms with Crippen molar-refractivity contribution >= 4 is 16.8 Å². The van der Waals surface area contributed by atoms with E-state index in [0.29, 0.717) is 10.9 Å². The Kier molecular flexibility index (Phi) is 3.29. The van der Waals surface area contributed by atoms with Crippen molar-refractivity contribution < 1.29 is 25.2 Å². The number of amides is 1. The monoisotopic (exact) mass is 425 g/mol. The molecule has 156 valence electrons. The van der Waals surface area contributed by atoms with Gasteiger partial charge in [0.25, 0.3) is 5.91 Å². The van der Waals surface area contributed by atoms with Crippen LogP contribution in [-0.2, 0) is 20.0 Å². The highest BCUT2D eigenvalue weighted by Crippen LogP contribution is 2.35. The van der Waals surface area contributed by atoms with Crippen LogP contribution < -0.4 is 4.74 Å². The molecule has 0 atom stereocenters. The van der Waals surface area contributed by atoms with E-state index in [-0.39, 0.29) is 28.1 Å². The van der Waals surface area contributed by atoms with Gasteiger partial charge in [0.1, 0.15) is 22.9 Å². The predicted octanol–water partition coefficient (Wildman–Crippen LogP) is 4.08. The molecule has 31 heavy (non-hydrogen) atoms. The molecular weight excluding hydrogens is 402 g/mol. The maximum atomic E-state index is 15.2. The SMILES string of the molecule is [2H]C1([2H])c2ncccc2C(=O)N1Cc1c(F)cc(-c2ccc(OC)c3nn(C([2H])([2H])[2H])cc23)cc1F. The summed E-state index contributed by atoms with van der Waals surface area (Å²) in [5.74, 6) is -2.42. The number of methoxy groups -OCH3 is 1. The standard InChI is InChI=1S/C23H18F2N4O2/c1-28-10-16-14(5-6-21(31-2)22(16)27-28)13-8-18(24)17(19(25)9-13)11-29-12-20-15(23(29)30)4-3-7-26-20/h3-10H,11-12H2,1-2H3/i1D3,12D2. The van der Waals surface area contributed by atoms with Gasteiger partial charge >= 0.3 is 0 Å². The Morgan fingerprint density at radius 2 is 2.03 bits per heavy atom. The van der Waals surface area contributed by atoms with Crippen LogP contribution in [0.4, 0.5) is 8.78 Å². The second-order valence-electron chi connectivity index (χ2n) is 6.97. The first-order valence-corrected chi connectivity index (χ1v) is 9.26. The van der Waals surface area contributed by atoms with Crippen molar-refractivity contribution in [2.45, 2.75) is 13.0 Å². The van der Waals surface area contributed by atoms with Gasteiger partial charge < -0.3 is 9.64 Å². The number of aryl methyl sites for hydroxylation is 1. The summed E-state index contributed by atoms with van der Waals surface area (Å²) in [5.41, 5.74) is 0.0528. The summed E-state index contributed by atoms with van der Waals surface area (Å²) in [6.45, 7) is -5.58. The van der Waals surface area contributed by atoms with Crippen molar-refractivity contribution in [3.63, 3.8) is 0 Å². The lowest BCUT2D eigenvalue weighted by Crippen LogP contribution is -2.24. The third kappa shape index (κ3) is 3.11. The molecule has 2 aromatic carbocycles. The molecule has 6 nitrogen and oxygen atoms in total. The Hall–Kier alpha value is -3.81. The number of pyridine rings is 1. The molecule has 1 aliphatic rings. The number of ether oxygens (including phenoxy) is 1. The van der Waals surface area contributed by atoms with Crippen LogP contribution >= 0.6 is 0 Å². The average Bonchev–Trinajstić information content (AvgIpc) is 3.35. The second-order valence-corrected chi connectivity index (χ2v) is 6.97. The van der Waals surface area contributed by atoms with Gasteiger partial charge in [-0.05, 0) is 47.5 Å².